The fourth-order valence-corrected chi connectivity index (χ4v) is 2.17. The van der Waals surface area contributed by atoms with Crippen molar-refractivity contribution < 1.29 is 4.79 Å². The normalized spacial score (nSPS) is 15.8. The Bertz CT molecular complexity index is 454. The van der Waals surface area contributed by atoms with Gasteiger partial charge in [-0.2, -0.15) is 5.10 Å². The van der Waals surface area contributed by atoms with Crippen molar-refractivity contribution in [3.05, 3.63) is 11.4 Å². The standard InChI is InChI=1S/C13H22N4O/c1-13(2,3)7-17(4)12(18)11-9(14)10(15-16-11)8-5-6-8/h8H,5-7,14H2,1-4H3,(H,15,16). The van der Waals surface area contributed by atoms with Crippen molar-refractivity contribution in [3.8, 4) is 0 Å². The summed E-state index contributed by atoms with van der Waals surface area (Å²) in [5.74, 6) is 0.373. The minimum absolute atomic E-state index is 0.0643. The predicted molar refractivity (Wildman–Crippen MR) is 71.4 cm³/mol. The zero-order chi connectivity index (χ0) is 13.5. The fraction of sp³-hybridized carbons (Fsp3) is 0.692. The number of H-pyrrole nitrogens is 1. The first kappa shape index (κ1) is 12.9. The predicted octanol–water partition coefficient (Wildman–Crippen LogP) is 1.99. The number of carbonyl (C=O) groups is 1. The second-order valence-electron chi connectivity index (χ2n) is 6.40. The molecule has 0 bridgehead atoms. The smallest absolute Gasteiger partial charge is 0.276 e. The molecule has 5 nitrogen and oxygen atoms in total. The number of amides is 1. The van der Waals surface area contributed by atoms with Crippen LogP contribution < -0.4 is 5.73 Å². The lowest BCUT2D eigenvalue weighted by Gasteiger charge is -2.26. The van der Waals surface area contributed by atoms with E-state index in [9.17, 15) is 4.79 Å². The number of aromatic nitrogens is 2. The van der Waals surface area contributed by atoms with Crippen LogP contribution in [-0.4, -0.2) is 34.6 Å². The molecule has 2 rings (SSSR count). The van der Waals surface area contributed by atoms with Gasteiger partial charge in [0.2, 0.25) is 0 Å². The lowest BCUT2D eigenvalue weighted by molar-refractivity contribution is 0.0741. The van der Waals surface area contributed by atoms with E-state index in [-0.39, 0.29) is 11.3 Å². The molecule has 1 aliphatic carbocycles. The van der Waals surface area contributed by atoms with E-state index in [1.165, 1.54) is 0 Å². The van der Waals surface area contributed by atoms with E-state index in [0.29, 0.717) is 23.8 Å². The van der Waals surface area contributed by atoms with Gasteiger partial charge in [-0.25, -0.2) is 0 Å². The average molecular weight is 250 g/mol. The molecular weight excluding hydrogens is 228 g/mol. The highest BCUT2D eigenvalue weighted by Crippen LogP contribution is 2.42. The van der Waals surface area contributed by atoms with E-state index in [1.54, 1.807) is 11.9 Å². The van der Waals surface area contributed by atoms with Crippen LogP contribution in [0.5, 0.6) is 0 Å². The van der Waals surface area contributed by atoms with Crippen LogP contribution in [-0.2, 0) is 0 Å². The molecule has 1 saturated carbocycles. The quantitative estimate of drug-likeness (QED) is 0.861. The second kappa shape index (κ2) is 4.30. The molecule has 0 aliphatic heterocycles. The fourth-order valence-electron chi connectivity index (χ4n) is 2.17. The van der Waals surface area contributed by atoms with Crippen LogP contribution in [0.3, 0.4) is 0 Å². The van der Waals surface area contributed by atoms with Gasteiger partial charge in [0.05, 0.1) is 11.4 Å². The van der Waals surface area contributed by atoms with Crippen molar-refractivity contribution in [2.75, 3.05) is 19.3 Å². The highest BCUT2D eigenvalue weighted by molar-refractivity contribution is 5.97. The first-order valence-corrected chi connectivity index (χ1v) is 6.39. The van der Waals surface area contributed by atoms with E-state index in [4.69, 9.17) is 5.73 Å². The Morgan fingerprint density at radius 1 is 1.50 bits per heavy atom. The number of nitrogens with two attached hydrogens (primary N) is 1. The molecule has 1 fully saturated rings. The number of hydrogen-bond donors (Lipinski definition) is 2. The van der Waals surface area contributed by atoms with Crippen molar-refractivity contribution in [1.82, 2.24) is 15.1 Å². The van der Waals surface area contributed by atoms with E-state index >= 15 is 0 Å². The summed E-state index contributed by atoms with van der Waals surface area (Å²) in [6.07, 6.45) is 2.27. The molecule has 1 amide bonds. The van der Waals surface area contributed by atoms with Crippen LogP contribution in [0.1, 0.15) is 55.7 Å². The molecule has 5 heteroatoms. The van der Waals surface area contributed by atoms with E-state index in [2.05, 4.69) is 31.0 Å². The number of aromatic amines is 1. The van der Waals surface area contributed by atoms with Crippen LogP contribution in [0, 0.1) is 5.41 Å². The van der Waals surface area contributed by atoms with Crippen molar-refractivity contribution in [1.29, 1.82) is 0 Å². The Morgan fingerprint density at radius 2 is 2.11 bits per heavy atom. The lowest BCUT2D eigenvalue weighted by Crippen LogP contribution is -2.35. The highest BCUT2D eigenvalue weighted by atomic mass is 16.2. The third-order valence-electron chi connectivity index (χ3n) is 3.08. The Labute approximate surface area is 108 Å². The minimum Gasteiger partial charge on any atom is -0.395 e. The summed E-state index contributed by atoms with van der Waals surface area (Å²) in [7, 11) is 1.79. The molecule has 18 heavy (non-hydrogen) atoms. The molecule has 0 unspecified atom stereocenters. The molecule has 0 saturated heterocycles. The Kier molecular flexibility index (Phi) is 3.09. The van der Waals surface area contributed by atoms with Gasteiger partial charge in [-0.15, -0.1) is 0 Å². The van der Waals surface area contributed by atoms with Gasteiger partial charge in [0.15, 0.2) is 5.69 Å². The van der Waals surface area contributed by atoms with Gasteiger partial charge >= 0.3 is 0 Å². The van der Waals surface area contributed by atoms with Crippen molar-refractivity contribution in [3.63, 3.8) is 0 Å². The minimum atomic E-state index is -0.106. The van der Waals surface area contributed by atoms with Crippen LogP contribution in [0.4, 0.5) is 5.69 Å². The third-order valence-corrected chi connectivity index (χ3v) is 3.08. The molecule has 1 aromatic heterocycles. The molecule has 1 aromatic rings. The van der Waals surface area contributed by atoms with Crippen molar-refractivity contribution in [2.45, 2.75) is 39.5 Å². The number of carbonyl (C=O) groups excluding carboxylic acids is 1. The molecule has 3 N–H and O–H groups in total. The van der Waals surface area contributed by atoms with Crippen LogP contribution in [0.25, 0.3) is 0 Å². The molecule has 100 valence electrons. The molecule has 1 aliphatic rings. The van der Waals surface area contributed by atoms with Gasteiger partial charge in [0.1, 0.15) is 0 Å². The molecular formula is C13H22N4O. The summed E-state index contributed by atoms with van der Waals surface area (Å²) < 4.78 is 0. The van der Waals surface area contributed by atoms with Crippen LogP contribution in [0.2, 0.25) is 0 Å². The van der Waals surface area contributed by atoms with E-state index < -0.39 is 0 Å². The first-order valence-electron chi connectivity index (χ1n) is 6.39. The number of nitrogen functional groups attached to an aromatic ring is 1. The summed E-state index contributed by atoms with van der Waals surface area (Å²) in [5.41, 5.74) is 7.90. The van der Waals surface area contributed by atoms with E-state index in [0.717, 1.165) is 18.5 Å². The maximum atomic E-state index is 12.3. The third kappa shape index (κ3) is 2.66. The Hall–Kier alpha value is -1.52. The van der Waals surface area contributed by atoms with Crippen molar-refractivity contribution >= 4 is 11.6 Å². The number of hydrogen-bond acceptors (Lipinski definition) is 3. The van der Waals surface area contributed by atoms with Gasteiger partial charge in [-0.3, -0.25) is 9.89 Å². The summed E-state index contributed by atoms with van der Waals surface area (Å²) in [4.78, 5) is 13.9. The van der Waals surface area contributed by atoms with Gasteiger partial charge in [-0.05, 0) is 18.3 Å². The van der Waals surface area contributed by atoms with Gasteiger partial charge in [0.25, 0.3) is 5.91 Å². The number of rotatable bonds is 3. The summed E-state index contributed by atoms with van der Waals surface area (Å²) in [6.45, 7) is 6.97. The van der Waals surface area contributed by atoms with Crippen LogP contribution in [0.15, 0.2) is 0 Å². The Morgan fingerprint density at radius 3 is 2.61 bits per heavy atom. The average Bonchev–Trinajstić information content (AvgIpc) is 2.99. The second-order valence-corrected chi connectivity index (χ2v) is 6.40. The maximum absolute atomic E-state index is 12.3. The molecule has 0 spiro atoms. The van der Waals surface area contributed by atoms with Gasteiger partial charge in [-0.1, -0.05) is 20.8 Å². The summed E-state index contributed by atoms with van der Waals surface area (Å²) in [6, 6.07) is 0. The lowest BCUT2D eigenvalue weighted by atomic mass is 9.96. The van der Waals surface area contributed by atoms with Crippen molar-refractivity contribution in [2.24, 2.45) is 5.41 Å². The summed E-state index contributed by atoms with van der Waals surface area (Å²) in [5, 5.41) is 7.00. The zero-order valence-corrected chi connectivity index (χ0v) is 11.6. The summed E-state index contributed by atoms with van der Waals surface area (Å²) >= 11 is 0. The molecule has 0 aromatic carbocycles. The number of anilines is 1. The number of nitrogens with one attached hydrogen (secondary N) is 1. The zero-order valence-electron chi connectivity index (χ0n) is 11.6. The SMILES string of the molecule is CN(CC(C)(C)C)C(=O)c1n[nH]c(C2CC2)c1N. The molecule has 0 atom stereocenters. The first-order chi connectivity index (χ1) is 8.29. The Balaban J connectivity index is 2.13. The van der Waals surface area contributed by atoms with Crippen LogP contribution >= 0.6 is 0 Å². The highest BCUT2D eigenvalue weighted by Gasteiger charge is 2.31. The maximum Gasteiger partial charge on any atom is 0.276 e. The topological polar surface area (TPSA) is 75.0 Å². The molecule has 0 radical (unpaired) electrons. The van der Waals surface area contributed by atoms with E-state index in [1.807, 2.05) is 0 Å². The molecule has 1 heterocycles. The van der Waals surface area contributed by atoms with Gasteiger partial charge < -0.3 is 10.6 Å². The van der Waals surface area contributed by atoms with Gasteiger partial charge in [0, 0.05) is 19.5 Å². The number of nitrogens with zero attached hydrogens (tertiary/aromatic N) is 2. The largest absolute Gasteiger partial charge is 0.395 e. The monoisotopic (exact) mass is 250 g/mol.